The lowest BCUT2D eigenvalue weighted by Crippen LogP contribution is -2.28. The average molecular weight is 304 g/mol. The number of hydrogen-bond donors (Lipinski definition) is 0. The van der Waals surface area contributed by atoms with Crippen molar-refractivity contribution in [1.82, 2.24) is 0 Å². The van der Waals surface area contributed by atoms with Gasteiger partial charge in [-0.05, 0) is 39.0 Å². The van der Waals surface area contributed by atoms with Crippen LogP contribution in [0.25, 0.3) is 12.2 Å². The van der Waals surface area contributed by atoms with Crippen molar-refractivity contribution in [3.8, 4) is 17.2 Å². The highest BCUT2D eigenvalue weighted by atomic mass is 16.5. The van der Waals surface area contributed by atoms with Crippen LogP contribution in [-0.2, 0) is 4.74 Å². The minimum Gasteiger partial charge on any atom is -0.496 e. The molecule has 0 aromatic heterocycles. The van der Waals surface area contributed by atoms with Gasteiger partial charge in [0, 0.05) is 13.2 Å². The summed E-state index contributed by atoms with van der Waals surface area (Å²) >= 11 is 0. The molecule has 1 atom stereocenters. The van der Waals surface area contributed by atoms with Gasteiger partial charge in [-0.2, -0.15) is 0 Å². The predicted octanol–water partition coefficient (Wildman–Crippen LogP) is 3.94. The second-order valence-electron chi connectivity index (χ2n) is 5.78. The van der Waals surface area contributed by atoms with Crippen molar-refractivity contribution in [3.63, 3.8) is 0 Å². The third kappa shape index (κ3) is 3.28. The maximum absolute atomic E-state index is 6.16. The Kier molecular flexibility index (Phi) is 4.81. The van der Waals surface area contributed by atoms with Crippen LogP contribution in [0.4, 0.5) is 0 Å². The van der Waals surface area contributed by atoms with Crippen LogP contribution in [0.2, 0.25) is 0 Å². The van der Waals surface area contributed by atoms with Gasteiger partial charge in [-0.3, -0.25) is 0 Å². The first-order valence-corrected chi connectivity index (χ1v) is 7.30. The SMILES string of the molecule is COc1cc(OC)c2c(c1C=CC(C)OC)OC(C)(C)C=C2. The van der Waals surface area contributed by atoms with E-state index in [1.165, 1.54) is 0 Å². The zero-order valence-corrected chi connectivity index (χ0v) is 14.1. The molecule has 1 heterocycles. The summed E-state index contributed by atoms with van der Waals surface area (Å²) in [6.07, 6.45) is 8.01. The Morgan fingerprint density at radius 2 is 1.82 bits per heavy atom. The van der Waals surface area contributed by atoms with Crippen LogP contribution in [0.1, 0.15) is 31.9 Å². The van der Waals surface area contributed by atoms with E-state index in [1.54, 1.807) is 21.3 Å². The van der Waals surface area contributed by atoms with Crippen molar-refractivity contribution in [2.75, 3.05) is 21.3 Å². The summed E-state index contributed by atoms with van der Waals surface area (Å²) in [4.78, 5) is 0. The molecule has 4 heteroatoms. The molecule has 0 spiro atoms. The molecule has 0 saturated carbocycles. The summed E-state index contributed by atoms with van der Waals surface area (Å²) in [5, 5.41) is 0. The topological polar surface area (TPSA) is 36.9 Å². The quantitative estimate of drug-likeness (QED) is 0.826. The Bertz CT molecular complexity index is 600. The lowest BCUT2D eigenvalue weighted by atomic mass is 9.98. The van der Waals surface area contributed by atoms with Crippen LogP contribution in [0.3, 0.4) is 0 Å². The Labute approximate surface area is 132 Å². The van der Waals surface area contributed by atoms with E-state index in [-0.39, 0.29) is 11.7 Å². The van der Waals surface area contributed by atoms with Crippen molar-refractivity contribution in [3.05, 3.63) is 29.3 Å². The first-order chi connectivity index (χ1) is 10.4. The molecule has 0 bridgehead atoms. The Morgan fingerprint density at radius 1 is 1.14 bits per heavy atom. The van der Waals surface area contributed by atoms with Gasteiger partial charge >= 0.3 is 0 Å². The maximum Gasteiger partial charge on any atom is 0.142 e. The molecule has 1 aromatic rings. The first kappa shape index (κ1) is 16.4. The van der Waals surface area contributed by atoms with E-state index in [9.17, 15) is 0 Å². The number of rotatable bonds is 5. The third-order valence-electron chi connectivity index (χ3n) is 3.64. The summed E-state index contributed by atoms with van der Waals surface area (Å²) in [6, 6.07) is 1.88. The van der Waals surface area contributed by atoms with E-state index < -0.39 is 0 Å². The molecule has 0 amide bonds. The second-order valence-corrected chi connectivity index (χ2v) is 5.78. The normalized spacial score (nSPS) is 17.0. The lowest BCUT2D eigenvalue weighted by molar-refractivity contribution is 0.155. The van der Waals surface area contributed by atoms with Crippen molar-refractivity contribution >= 4 is 12.2 Å². The van der Waals surface area contributed by atoms with Gasteiger partial charge in [-0.25, -0.2) is 0 Å². The highest BCUT2D eigenvalue weighted by molar-refractivity contribution is 5.78. The lowest BCUT2D eigenvalue weighted by Gasteiger charge is -2.30. The van der Waals surface area contributed by atoms with Crippen LogP contribution in [0.15, 0.2) is 18.2 Å². The van der Waals surface area contributed by atoms with E-state index in [2.05, 4.69) is 0 Å². The molecule has 0 saturated heterocycles. The number of benzene rings is 1. The van der Waals surface area contributed by atoms with Crippen LogP contribution in [0, 0.1) is 0 Å². The minimum absolute atomic E-state index is 0.00889. The summed E-state index contributed by atoms with van der Waals surface area (Å²) < 4.78 is 22.4. The van der Waals surface area contributed by atoms with E-state index in [0.717, 1.165) is 22.6 Å². The van der Waals surface area contributed by atoms with Crippen molar-refractivity contribution in [2.24, 2.45) is 0 Å². The summed E-state index contributed by atoms with van der Waals surface area (Å²) in [7, 11) is 4.96. The van der Waals surface area contributed by atoms with Gasteiger partial charge in [-0.1, -0.05) is 6.08 Å². The standard InChI is InChI=1S/C18H24O4/c1-12(19-4)7-8-13-15(20-5)11-16(21-6)14-9-10-18(2,3)22-17(13)14/h7-12H,1-6H3. The zero-order valence-electron chi connectivity index (χ0n) is 14.1. The first-order valence-electron chi connectivity index (χ1n) is 7.30. The smallest absolute Gasteiger partial charge is 0.142 e. The Hall–Kier alpha value is -1.94. The molecule has 120 valence electrons. The molecule has 0 N–H and O–H groups in total. The molecule has 22 heavy (non-hydrogen) atoms. The molecule has 4 nitrogen and oxygen atoms in total. The van der Waals surface area contributed by atoms with E-state index in [1.807, 2.05) is 51.1 Å². The molecule has 2 rings (SSSR count). The van der Waals surface area contributed by atoms with Crippen molar-refractivity contribution in [1.29, 1.82) is 0 Å². The molecule has 0 fully saturated rings. The number of hydrogen-bond acceptors (Lipinski definition) is 4. The second kappa shape index (κ2) is 6.44. The minimum atomic E-state index is -0.375. The third-order valence-corrected chi connectivity index (χ3v) is 3.64. The van der Waals surface area contributed by atoms with Gasteiger partial charge in [0.25, 0.3) is 0 Å². The van der Waals surface area contributed by atoms with Crippen LogP contribution >= 0.6 is 0 Å². The van der Waals surface area contributed by atoms with Crippen LogP contribution < -0.4 is 14.2 Å². The van der Waals surface area contributed by atoms with Crippen molar-refractivity contribution < 1.29 is 18.9 Å². The zero-order chi connectivity index (χ0) is 16.3. The Balaban J connectivity index is 2.61. The molecular weight excluding hydrogens is 280 g/mol. The molecule has 0 radical (unpaired) electrons. The van der Waals surface area contributed by atoms with Gasteiger partial charge < -0.3 is 18.9 Å². The summed E-state index contributed by atoms with van der Waals surface area (Å²) in [5.74, 6) is 2.21. The van der Waals surface area contributed by atoms with Gasteiger partial charge in [0.2, 0.25) is 0 Å². The van der Waals surface area contributed by atoms with Gasteiger partial charge in [0.05, 0.1) is 31.5 Å². The van der Waals surface area contributed by atoms with Crippen molar-refractivity contribution in [2.45, 2.75) is 32.5 Å². The van der Waals surface area contributed by atoms with Gasteiger partial charge in [0.1, 0.15) is 22.8 Å². The Morgan fingerprint density at radius 3 is 2.41 bits per heavy atom. The molecule has 1 aromatic carbocycles. The monoisotopic (exact) mass is 304 g/mol. The number of fused-ring (bicyclic) bond motifs is 1. The van der Waals surface area contributed by atoms with Gasteiger partial charge in [-0.15, -0.1) is 0 Å². The fraction of sp³-hybridized carbons (Fsp3) is 0.444. The van der Waals surface area contributed by atoms with Crippen LogP contribution in [-0.4, -0.2) is 33.0 Å². The highest BCUT2D eigenvalue weighted by Gasteiger charge is 2.27. The van der Waals surface area contributed by atoms with Gasteiger partial charge in [0.15, 0.2) is 0 Å². The average Bonchev–Trinajstić information content (AvgIpc) is 2.50. The molecule has 1 aliphatic rings. The van der Waals surface area contributed by atoms with E-state index in [0.29, 0.717) is 5.75 Å². The largest absolute Gasteiger partial charge is 0.496 e. The number of methoxy groups -OCH3 is 3. The molecule has 1 aliphatic heterocycles. The summed E-state index contributed by atoms with van der Waals surface area (Å²) in [5.41, 5.74) is 1.44. The molecular formula is C18H24O4. The van der Waals surface area contributed by atoms with E-state index >= 15 is 0 Å². The number of ether oxygens (including phenoxy) is 4. The fourth-order valence-corrected chi connectivity index (χ4v) is 2.30. The van der Waals surface area contributed by atoms with E-state index in [4.69, 9.17) is 18.9 Å². The highest BCUT2D eigenvalue weighted by Crippen LogP contribution is 2.44. The fourth-order valence-electron chi connectivity index (χ4n) is 2.30. The van der Waals surface area contributed by atoms with Crippen LogP contribution in [0.5, 0.6) is 17.2 Å². The predicted molar refractivity (Wildman–Crippen MR) is 88.8 cm³/mol. The molecule has 1 unspecified atom stereocenters. The maximum atomic E-state index is 6.16. The summed E-state index contributed by atoms with van der Waals surface area (Å²) in [6.45, 7) is 6.01. The molecule has 0 aliphatic carbocycles.